The van der Waals surface area contributed by atoms with Gasteiger partial charge in [0.25, 0.3) is 0 Å². The van der Waals surface area contributed by atoms with Crippen LogP contribution < -0.4 is 0 Å². The standard InChI is InChI=1S/C13H16ClFO/c1-8(2)9(3)13(16)6-10-4-5-11(14)7-12(10)15/h4-5,7-9H,6H2,1-3H3. The van der Waals surface area contributed by atoms with Crippen molar-refractivity contribution < 1.29 is 9.18 Å². The number of Topliss-reactive ketones (excluding diaryl/α,β-unsaturated/α-hetero) is 1. The number of benzene rings is 1. The molecule has 1 nitrogen and oxygen atoms in total. The number of halogens is 2. The Hall–Kier alpha value is -0.890. The molecular weight excluding hydrogens is 227 g/mol. The van der Waals surface area contributed by atoms with Crippen molar-refractivity contribution in [3.05, 3.63) is 34.6 Å². The Morgan fingerprint density at radius 2 is 2.00 bits per heavy atom. The summed E-state index contributed by atoms with van der Waals surface area (Å²) in [4.78, 5) is 11.8. The molecule has 1 aromatic carbocycles. The van der Waals surface area contributed by atoms with E-state index >= 15 is 0 Å². The van der Waals surface area contributed by atoms with Crippen molar-refractivity contribution in [1.82, 2.24) is 0 Å². The summed E-state index contributed by atoms with van der Waals surface area (Å²) in [6.45, 7) is 5.85. The normalized spacial score (nSPS) is 12.9. The summed E-state index contributed by atoms with van der Waals surface area (Å²) < 4.78 is 13.4. The van der Waals surface area contributed by atoms with Crippen molar-refractivity contribution in [2.75, 3.05) is 0 Å². The van der Waals surface area contributed by atoms with Gasteiger partial charge in [0.15, 0.2) is 0 Å². The summed E-state index contributed by atoms with van der Waals surface area (Å²) in [5, 5.41) is 0.352. The molecule has 0 radical (unpaired) electrons. The monoisotopic (exact) mass is 242 g/mol. The van der Waals surface area contributed by atoms with E-state index in [-0.39, 0.29) is 24.0 Å². The number of hydrogen-bond donors (Lipinski definition) is 0. The highest BCUT2D eigenvalue weighted by Gasteiger charge is 2.18. The van der Waals surface area contributed by atoms with E-state index in [9.17, 15) is 9.18 Å². The van der Waals surface area contributed by atoms with Gasteiger partial charge in [0.1, 0.15) is 11.6 Å². The minimum absolute atomic E-state index is 0.0462. The Bertz CT molecular complexity index is 388. The highest BCUT2D eigenvalue weighted by atomic mass is 35.5. The second-order valence-corrected chi connectivity index (χ2v) is 4.85. The fourth-order valence-electron chi connectivity index (χ4n) is 1.39. The third-order valence-corrected chi connectivity index (χ3v) is 3.12. The zero-order chi connectivity index (χ0) is 12.3. The smallest absolute Gasteiger partial charge is 0.140 e. The molecule has 0 spiro atoms. The van der Waals surface area contributed by atoms with Crippen LogP contribution in [0.4, 0.5) is 4.39 Å². The summed E-state index contributed by atoms with van der Waals surface area (Å²) >= 11 is 5.64. The lowest BCUT2D eigenvalue weighted by Gasteiger charge is -2.14. The Kier molecular flexibility index (Phi) is 4.48. The molecule has 3 heteroatoms. The first-order valence-electron chi connectivity index (χ1n) is 5.38. The molecule has 1 atom stereocenters. The van der Waals surface area contributed by atoms with E-state index in [1.54, 1.807) is 12.1 Å². The van der Waals surface area contributed by atoms with Gasteiger partial charge in [0, 0.05) is 17.4 Å². The van der Waals surface area contributed by atoms with Crippen LogP contribution in [-0.2, 0) is 11.2 Å². The maximum absolute atomic E-state index is 13.4. The van der Waals surface area contributed by atoms with E-state index in [1.807, 2.05) is 20.8 Å². The van der Waals surface area contributed by atoms with Gasteiger partial charge in [-0.2, -0.15) is 0 Å². The van der Waals surface area contributed by atoms with Gasteiger partial charge >= 0.3 is 0 Å². The number of ketones is 1. The van der Waals surface area contributed by atoms with E-state index in [2.05, 4.69) is 0 Å². The summed E-state index contributed by atoms with van der Waals surface area (Å²) in [5.41, 5.74) is 0.418. The summed E-state index contributed by atoms with van der Waals surface area (Å²) in [6.07, 6.45) is 0.141. The molecule has 0 aliphatic carbocycles. The van der Waals surface area contributed by atoms with Gasteiger partial charge in [-0.3, -0.25) is 4.79 Å². The molecule has 88 valence electrons. The first kappa shape index (κ1) is 13.2. The number of carbonyl (C=O) groups excluding carboxylic acids is 1. The minimum atomic E-state index is -0.406. The van der Waals surface area contributed by atoms with E-state index < -0.39 is 5.82 Å². The largest absolute Gasteiger partial charge is 0.299 e. The maximum Gasteiger partial charge on any atom is 0.140 e. The maximum atomic E-state index is 13.4. The molecule has 0 aliphatic rings. The Morgan fingerprint density at radius 1 is 1.38 bits per heavy atom. The number of carbonyl (C=O) groups is 1. The topological polar surface area (TPSA) is 17.1 Å². The van der Waals surface area contributed by atoms with Crippen LogP contribution in [0.5, 0.6) is 0 Å². The summed E-state index contributed by atoms with van der Waals surface area (Å²) in [5.74, 6) is -0.106. The Balaban J connectivity index is 2.77. The third kappa shape index (κ3) is 3.31. The van der Waals surface area contributed by atoms with Crippen molar-refractivity contribution >= 4 is 17.4 Å². The van der Waals surface area contributed by atoms with Crippen LogP contribution >= 0.6 is 11.6 Å². The van der Waals surface area contributed by atoms with Crippen molar-refractivity contribution in [2.45, 2.75) is 27.2 Å². The summed E-state index contributed by atoms with van der Waals surface area (Å²) in [6, 6.07) is 4.42. The van der Waals surface area contributed by atoms with Gasteiger partial charge in [0.2, 0.25) is 0 Å². The molecule has 0 amide bonds. The lowest BCUT2D eigenvalue weighted by molar-refractivity contribution is -0.122. The van der Waals surface area contributed by atoms with Crippen molar-refractivity contribution in [3.8, 4) is 0 Å². The molecule has 0 saturated heterocycles. The van der Waals surface area contributed by atoms with Gasteiger partial charge in [-0.15, -0.1) is 0 Å². The molecule has 16 heavy (non-hydrogen) atoms. The predicted molar refractivity (Wildman–Crippen MR) is 64.1 cm³/mol. The molecule has 1 rings (SSSR count). The highest BCUT2D eigenvalue weighted by Crippen LogP contribution is 2.18. The van der Waals surface area contributed by atoms with Crippen molar-refractivity contribution in [3.63, 3.8) is 0 Å². The molecule has 1 unspecified atom stereocenters. The second-order valence-electron chi connectivity index (χ2n) is 4.41. The Labute approximate surface area is 101 Å². The SMILES string of the molecule is CC(C)C(C)C(=O)Cc1ccc(Cl)cc1F. The van der Waals surface area contributed by atoms with Crippen LogP contribution in [0.25, 0.3) is 0 Å². The van der Waals surface area contributed by atoms with E-state index in [1.165, 1.54) is 6.07 Å². The average Bonchev–Trinajstić information content (AvgIpc) is 2.20. The minimum Gasteiger partial charge on any atom is -0.299 e. The fourth-order valence-corrected chi connectivity index (χ4v) is 1.54. The fraction of sp³-hybridized carbons (Fsp3) is 0.462. The van der Waals surface area contributed by atoms with Crippen LogP contribution in [0.15, 0.2) is 18.2 Å². The lowest BCUT2D eigenvalue weighted by Crippen LogP contribution is -2.19. The molecule has 0 aromatic heterocycles. The molecule has 0 aliphatic heterocycles. The molecule has 1 aromatic rings. The van der Waals surface area contributed by atoms with Gasteiger partial charge < -0.3 is 0 Å². The second kappa shape index (κ2) is 5.44. The van der Waals surface area contributed by atoms with Crippen LogP contribution in [0.2, 0.25) is 5.02 Å². The average molecular weight is 243 g/mol. The summed E-state index contributed by atoms with van der Waals surface area (Å²) in [7, 11) is 0. The quantitative estimate of drug-likeness (QED) is 0.783. The first-order valence-corrected chi connectivity index (χ1v) is 5.76. The van der Waals surface area contributed by atoms with E-state index in [4.69, 9.17) is 11.6 Å². The zero-order valence-electron chi connectivity index (χ0n) is 9.76. The van der Waals surface area contributed by atoms with Gasteiger partial charge in [-0.05, 0) is 23.6 Å². The Morgan fingerprint density at radius 3 is 2.50 bits per heavy atom. The van der Waals surface area contributed by atoms with Crippen LogP contribution in [0, 0.1) is 17.7 Å². The molecular formula is C13H16ClFO. The predicted octanol–water partition coefficient (Wildman–Crippen LogP) is 3.88. The first-order chi connectivity index (χ1) is 7.41. The van der Waals surface area contributed by atoms with Crippen LogP contribution in [0.3, 0.4) is 0 Å². The van der Waals surface area contributed by atoms with Crippen LogP contribution in [-0.4, -0.2) is 5.78 Å². The van der Waals surface area contributed by atoms with Gasteiger partial charge in [-0.1, -0.05) is 38.4 Å². The highest BCUT2D eigenvalue weighted by molar-refractivity contribution is 6.30. The molecule has 0 fully saturated rings. The zero-order valence-corrected chi connectivity index (χ0v) is 10.5. The van der Waals surface area contributed by atoms with Crippen LogP contribution in [0.1, 0.15) is 26.3 Å². The van der Waals surface area contributed by atoms with Gasteiger partial charge in [0.05, 0.1) is 0 Å². The van der Waals surface area contributed by atoms with Crippen molar-refractivity contribution in [2.24, 2.45) is 11.8 Å². The number of rotatable bonds is 4. The molecule has 0 bridgehead atoms. The molecule has 0 saturated carbocycles. The van der Waals surface area contributed by atoms with E-state index in [0.717, 1.165) is 0 Å². The molecule has 0 N–H and O–H groups in total. The van der Waals surface area contributed by atoms with Gasteiger partial charge in [-0.25, -0.2) is 4.39 Å². The lowest BCUT2D eigenvalue weighted by atomic mass is 9.90. The third-order valence-electron chi connectivity index (χ3n) is 2.89. The molecule has 0 heterocycles. The van der Waals surface area contributed by atoms with Crippen molar-refractivity contribution in [1.29, 1.82) is 0 Å². The van der Waals surface area contributed by atoms with E-state index in [0.29, 0.717) is 10.6 Å². The number of hydrogen-bond acceptors (Lipinski definition) is 1.